The molecular weight excluding hydrogens is 348 g/mol. The van der Waals surface area contributed by atoms with Gasteiger partial charge in [0.1, 0.15) is 5.75 Å². The molecule has 0 aliphatic carbocycles. The first-order valence-corrected chi connectivity index (χ1v) is 7.71. The van der Waals surface area contributed by atoms with E-state index in [-0.39, 0.29) is 18.0 Å². The standard InChI is InChI=1S/C17H17ClN2O5/c1-10-4-5-14(20(22)23)16(6-10)25-9-17(21)19-13-7-11(2)12(18)8-15(13)24-3/h4-8H,9H2,1-3H3,(H,19,21). The smallest absolute Gasteiger partial charge is 0.310 e. The number of carbonyl (C=O) groups excluding carboxylic acids is 1. The maximum absolute atomic E-state index is 12.1. The topological polar surface area (TPSA) is 90.7 Å². The number of nitrogens with zero attached hydrogens (tertiary/aromatic N) is 1. The van der Waals surface area contributed by atoms with E-state index in [9.17, 15) is 14.9 Å². The summed E-state index contributed by atoms with van der Waals surface area (Å²) < 4.78 is 10.5. The molecule has 0 spiro atoms. The van der Waals surface area contributed by atoms with Crippen LogP contribution in [0, 0.1) is 24.0 Å². The lowest BCUT2D eigenvalue weighted by molar-refractivity contribution is -0.385. The van der Waals surface area contributed by atoms with Gasteiger partial charge in [-0.1, -0.05) is 17.7 Å². The number of anilines is 1. The molecule has 25 heavy (non-hydrogen) atoms. The first-order chi connectivity index (χ1) is 11.8. The zero-order valence-electron chi connectivity index (χ0n) is 14.0. The predicted octanol–water partition coefficient (Wildman–Crippen LogP) is 3.89. The van der Waals surface area contributed by atoms with Crippen LogP contribution >= 0.6 is 11.6 Å². The number of nitrogens with one attached hydrogen (secondary N) is 1. The van der Waals surface area contributed by atoms with E-state index < -0.39 is 10.8 Å². The SMILES string of the molecule is COc1cc(Cl)c(C)cc1NC(=O)COc1cc(C)ccc1[N+](=O)[O-]. The summed E-state index contributed by atoms with van der Waals surface area (Å²) in [6, 6.07) is 7.73. The van der Waals surface area contributed by atoms with Crippen LogP contribution in [0.3, 0.4) is 0 Å². The number of methoxy groups -OCH3 is 1. The maximum atomic E-state index is 12.1. The number of amides is 1. The first kappa shape index (κ1) is 18.5. The van der Waals surface area contributed by atoms with E-state index in [2.05, 4.69) is 5.32 Å². The minimum absolute atomic E-state index is 0.0411. The van der Waals surface area contributed by atoms with Gasteiger partial charge in [-0.05, 0) is 37.1 Å². The Labute approximate surface area is 149 Å². The fourth-order valence-electron chi connectivity index (χ4n) is 2.15. The van der Waals surface area contributed by atoms with Crippen LogP contribution in [0.15, 0.2) is 30.3 Å². The van der Waals surface area contributed by atoms with Gasteiger partial charge in [-0.15, -0.1) is 0 Å². The Hall–Kier alpha value is -2.80. The zero-order valence-corrected chi connectivity index (χ0v) is 14.7. The van der Waals surface area contributed by atoms with Crippen molar-refractivity contribution in [1.29, 1.82) is 0 Å². The number of rotatable bonds is 6. The molecule has 0 aliphatic heterocycles. The Kier molecular flexibility index (Phi) is 5.82. The summed E-state index contributed by atoms with van der Waals surface area (Å²) in [5, 5.41) is 14.2. The van der Waals surface area contributed by atoms with Gasteiger partial charge in [-0.25, -0.2) is 0 Å². The Bertz CT molecular complexity index is 823. The number of hydrogen-bond donors (Lipinski definition) is 1. The van der Waals surface area contributed by atoms with Crippen molar-refractivity contribution in [2.75, 3.05) is 19.0 Å². The fraction of sp³-hybridized carbons (Fsp3) is 0.235. The molecule has 0 unspecified atom stereocenters. The van der Waals surface area contributed by atoms with Gasteiger partial charge in [0, 0.05) is 17.2 Å². The molecule has 0 saturated carbocycles. The van der Waals surface area contributed by atoms with E-state index >= 15 is 0 Å². The summed E-state index contributed by atoms with van der Waals surface area (Å²) in [6.45, 7) is 3.19. The highest BCUT2D eigenvalue weighted by atomic mass is 35.5. The molecule has 0 atom stereocenters. The minimum Gasteiger partial charge on any atom is -0.495 e. The summed E-state index contributed by atoms with van der Waals surface area (Å²) in [4.78, 5) is 22.6. The molecule has 1 N–H and O–H groups in total. The highest BCUT2D eigenvalue weighted by Gasteiger charge is 2.17. The van der Waals surface area contributed by atoms with Gasteiger partial charge in [-0.3, -0.25) is 14.9 Å². The Morgan fingerprint density at radius 2 is 1.96 bits per heavy atom. The fourth-order valence-corrected chi connectivity index (χ4v) is 2.30. The van der Waals surface area contributed by atoms with Crippen molar-refractivity contribution in [2.45, 2.75) is 13.8 Å². The summed E-state index contributed by atoms with van der Waals surface area (Å²) in [7, 11) is 1.46. The average molecular weight is 365 g/mol. The van der Waals surface area contributed by atoms with Crippen molar-refractivity contribution < 1.29 is 19.2 Å². The van der Waals surface area contributed by atoms with Crippen LogP contribution in [-0.2, 0) is 4.79 Å². The van der Waals surface area contributed by atoms with Crippen molar-refractivity contribution in [1.82, 2.24) is 0 Å². The van der Waals surface area contributed by atoms with E-state index in [4.69, 9.17) is 21.1 Å². The molecule has 2 aromatic carbocycles. The van der Waals surface area contributed by atoms with Crippen LogP contribution in [0.1, 0.15) is 11.1 Å². The molecular formula is C17H17ClN2O5. The number of nitro groups is 1. The van der Waals surface area contributed by atoms with Gasteiger partial charge in [0.05, 0.1) is 17.7 Å². The lowest BCUT2D eigenvalue weighted by Crippen LogP contribution is -2.21. The van der Waals surface area contributed by atoms with Crippen LogP contribution in [0.4, 0.5) is 11.4 Å². The van der Waals surface area contributed by atoms with Crippen molar-refractivity contribution in [2.24, 2.45) is 0 Å². The maximum Gasteiger partial charge on any atom is 0.310 e. The molecule has 0 aromatic heterocycles. The molecule has 132 valence electrons. The molecule has 0 fully saturated rings. The Balaban J connectivity index is 2.11. The highest BCUT2D eigenvalue weighted by Crippen LogP contribution is 2.31. The number of hydrogen-bond acceptors (Lipinski definition) is 5. The van der Waals surface area contributed by atoms with Gasteiger partial charge in [-0.2, -0.15) is 0 Å². The predicted molar refractivity (Wildman–Crippen MR) is 94.7 cm³/mol. The van der Waals surface area contributed by atoms with Crippen molar-refractivity contribution in [3.05, 3.63) is 56.6 Å². The average Bonchev–Trinajstić information content (AvgIpc) is 2.55. The lowest BCUT2D eigenvalue weighted by atomic mass is 10.2. The van der Waals surface area contributed by atoms with Gasteiger partial charge < -0.3 is 14.8 Å². The molecule has 0 saturated heterocycles. The Morgan fingerprint density at radius 1 is 1.24 bits per heavy atom. The Morgan fingerprint density at radius 3 is 2.60 bits per heavy atom. The number of aryl methyl sites for hydroxylation is 2. The number of halogens is 1. The summed E-state index contributed by atoms with van der Waals surface area (Å²) in [5.41, 5.74) is 1.80. The van der Waals surface area contributed by atoms with Crippen molar-refractivity contribution >= 4 is 28.9 Å². The van der Waals surface area contributed by atoms with E-state index in [1.54, 1.807) is 32.0 Å². The second-order valence-corrected chi connectivity index (χ2v) is 5.77. The summed E-state index contributed by atoms with van der Waals surface area (Å²) in [5.74, 6) is -0.0271. The number of nitro benzene ring substituents is 1. The normalized spacial score (nSPS) is 10.2. The van der Waals surface area contributed by atoms with Gasteiger partial charge >= 0.3 is 5.69 Å². The van der Waals surface area contributed by atoms with Crippen molar-refractivity contribution in [3.8, 4) is 11.5 Å². The lowest BCUT2D eigenvalue weighted by Gasteiger charge is -2.13. The van der Waals surface area contributed by atoms with E-state index in [1.165, 1.54) is 19.2 Å². The zero-order chi connectivity index (χ0) is 18.6. The molecule has 1 amide bonds. The summed E-state index contributed by atoms with van der Waals surface area (Å²) in [6.07, 6.45) is 0. The second-order valence-electron chi connectivity index (χ2n) is 5.37. The molecule has 7 nitrogen and oxygen atoms in total. The number of benzene rings is 2. The third-order valence-electron chi connectivity index (χ3n) is 3.43. The molecule has 0 aliphatic rings. The molecule has 0 radical (unpaired) electrons. The summed E-state index contributed by atoms with van der Waals surface area (Å²) >= 11 is 6.02. The number of carbonyl (C=O) groups is 1. The number of ether oxygens (including phenoxy) is 2. The third kappa shape index (κ3) is 4.60. The molecule has 0 heterocycles. The van der Waals surface area contributed by atoms with E-state index in [0.29, 0.717) is 16.5 Å². The van der Waals surface area contributed by atoms with Crippen LogP contribution in [-0.4, -0.2) is 24.5 Å². The largest absolute Gasteiger partial charge is 0.495 e. The van der Waals surface area contributed by atoms with Crippen LogP contribution in [0.2, 0.25) is 5.02 Å². The monoisotopic (exact) mass is 364 g/mol. The highest BCUT2D eigenvalue weighted by molar-refractivity contribution is 6.31. The first-order valence-electron chi connectivity index (χ1n) is 7.33. The van der Waals surface area contributed by atoms with E-state index in [1.807, 2.05) is 0 Å². The van der Waals surface area contributed by atoms with Crippen LogP contribution in [0.25, 0.3) is 0 Å². The molecule has 2 rings (SSSR count). The minimum atomic E-state index is -0.557. The van der Waals surface area contributed by atoms with Crippen LogP contribution < -0.4 is 14.8 Å². The second kappa shape index (κ2) is 7.85. The van der Waals surface area contributed by atoms with Crippen molar-refractivity contribution in [3.63, 3.8) is 0 Å². The van der Waals surface area contributed by atoms with E-state index in [0.717, 1.165) is 11.1 Å². The van der Waals surface area contributed by atoms with Gasteiger partial charge in [0.25, 0.3) is 5.91 Å². The molecule has 0 bridgehead atoms. The third-order valence-corrected chi connectivity index (χ3v) is 3.83. The molecule has 8 heteroatoms. The quantitative estimate of drug-likeness (QED) is 0.620. The van der Waals surface area contributed by atoms with Crippen LogP contribution in [0.5, 0.6) is 11.5 Å². The molecule has 2 aromatic rings. The van der Waals surface area contributed by atoms with Gasteiger partial charge in [0.15, 0.2) is 12.4 Å². The van der Waals surface area contributed by atoms with Gasteiger partial charge in [0.2, 0.25) is 0 Å².